The van der Waals surface area contributed by atoms with Crippen LogP contribution in [0.1, 0.15) is 53.5 Å². The van der Waals surface area contributed by atoms with Crippen LogP contribution in [0.4, 0.5) is 10.7 Å². The van der Waals surface area contributed by atoms with Crippen LogP contribution in [0, 0.1) is 17.2 Å². The maximum absolute atomic E-state index is 12.4. The Bertz CT molecular complexity index is 1050. The van der Waals surface area contributed by atoms with Crippen LogP contribution in [0.15, 0.2) is 29.6 Å². The van der Waals surface area contributed by atoms with Gasteiger partial charge in [-0.2, -0.15) is 5.26 Å². The summed E-state index contributed by atoms with van der Waals surface area (Å²) in [6, 6.07) is 7.57. The van der Waals surface area contributed by atoms with Crippen molar-refractivity contribution in [2.75, 3.05) is 23.8 Å². The van der Waals surface area contributed by atoms with Crippen molar-refractivity contribution in [1.29, 1.82) is 5.26 Å². The molecule has 174 valence electrons. The standard InChI is InChI=1S/C23H25N3O6S/c1-4-31-23(30)20-16(11-14(2)3)13-33-21(20)26-19(28)12-32-22(29)15-5-7-17(8-6-15)25-18(27)9-10-24/h5-8,13-14H,4,9,11-12H2,1-3H3,(H,25,27)(H,26,28). The van der Waals surface area contributed by atoms with Crippen LogP contribution in [0.25, 0.3) is 0 Å². The molecule has 9 nitrogen and oxygen atoms in total. The first-order valence-electron chi connectivity index (χ1n) is 10.3. The zero-order valence-electron chi connectivity index (χ0n) is 18.6. The number of ether oxygens (including phenoxy) is 2. The van der Waals surface area contributed by atoms with Crippen LogP contribution in [-0.4, -0.2) is 37.0 Å². The molecule has 1 heterocycles. The van der Waals surface area contributed by atoms with Crippen LogP contribution >= 0.6 is 11.3 Å². The van der Waals surface area contributed by atoms with E-state index in [1.54, 1.807) is 13.0 Å². The Kier molecular flexibility index (Phi) is 9.57. The van der Waals surface area contributed by atoms with Crippen LogP contribution in [0.5, 0.6) is 0 Å². The molecule has 0 saturated heterocycles. The number of nitrogens with zero attached hydrogens (tertiary/aromatic N) is 1. The monoisotopic (exact) mass is 471 g/mol. The Morgan fingerprint density at radius 3 is 2.33 bits per heavy atom. The van der Waals surface area contributed by atoms with Crippen molar-refractivity contribution in [1.82, 2.24) is 0 Å². The number of hydrogen-bond acceptors (Lipinski definition) is 8. The van der Waals surface area contributed by atoms with E-state index < -0.39 is 30.4 Å². The molecule has 0 bridgehead atoms. The van der Waals surface area contributed by atoms with E-state index in [-0.39, 0.29) is 18.6 Å². The second-order valence-corrected chi connectivity index (χ2v) is 8.25. The van der Waals surface area contributed by atoms with E-state index in [1.165, 1.54) is 35.6 Å². The number of nitrogens with one attached hydrogen (secondary N) is 2. The highest BCUT2D eigenvalue weighted by atomic mass is 32.1. The highest BCUT2D eigenvalue weighted by molar-refractivity contribution is 7.15. The van der Waals surface area contributed by atoms with Crippen molar-refractivity contribution >= 4 is 45.8 Å². The molecular formula is C23H25N3O6S. The molecule has 0 aliphatic rings. The van der Waals surface area contributed by atoms with Gasteiger partial charge in [-0.05, 0) is 54.5 Å². The molecule has 2 N–H and O–H groups in total. The van der Waals surface area contributed by atoms with Gasteiger partial charge in [0, 0.05) is 5.69 Å². The van der Waals surface area contributed by atoms with Crippen LogP contribution in [0.2, 0.25) is 0 Å². The molecule has 0 spiro atoms. The molecule has 0 aliphatic carbocycles. The average Bonchev–Trinajstić information content (AvgIpc) is 3.14. The minimum Gasteiger partial charge on any atom is -0.462 e. The van der Waals surface area contributed by atoms with E-state index in [1.807, 2.05) is 19.2 Å². The summed E-state index contributed by atoms with van der Waals surface area (Å²) in [4.78, 5) is 48.4. The van der Waals surface area contributed by atoms with E-state index in [4.69, 9.17) is 14.7 Å². The highest BCUT2D eigenvalue weighted by Gasteiger charge is 2.22. The summed E-state index contributed by atoms with van der Waals surface area (Å²) in [6.45, 7) is 5.42. The second-order valence-electron chi connectivity index (χ2n) is 7.37. The number of carbonyl (C=O) groups is 4. The van der Waals surface area contributed by atoms with Gasteiger partial charge in [0.25, 0.3) is 5.91 Å². The quantitative estimate of drug-likeness (QED) is 0.504. The van der Waals surface area contributed by atoms with Crippen LogP contribution < -0.4 is 10.6 Å². The van der Waals surface area contributed by atoms with Gasteiger partial charge in [0.2, 0.25) is 5.91 Å². The molecular weight excluding hydrogens is 446 g/mol. The number of benzene rings is 1. The Hall–Kier alpha value is -3.71. The Labute approximate surface area is 195 Å². The lowest BCUT2D eigenvalue weighted by Crippen LogP contribution is -2.22. The van der Waals surface area contributed by atoms with Crippen molar-refractivity contribution < 1.29 is 28.7 Å². The smallest absolute Gasteiger partial charge is 0.341 e. The lowest BCUT2D eigenvalue weighted by Gasteiger charge is -2.10. The molecule has 2 aromatic rings. The van der Waals surface area contributed by atoms with Gasteiger partial charge in [-0.25, -0.2) is 9.59 Å². The predicted octanol–water partition coefficient (Wildman–Crippen LogP) is 3.77. The molecule has 0 radical (unpaired) electrons. The van der Waals surface area contributed by atoms with Gasteiger partial charge in [0.15, 0.2) is 6.61 Å². The zero-order valence-corrected chi connectivity index (χ0v) is 19.4. The fourth-order valence-corrected chi connectivity index (χ4v) is 3.83. The van der Waals surface area contributed by atoms with E-state index in [0.29, 0.717) is 28.6 Å². The SMILES string of the molecule is CCOC(=O)c1c(CC(C)C)csc1NC(=O)COC(=O)c1ccc(NC(=O)CC#N)cc1. The number of esters is 2. The lowest BCUT2D eigenvalue weighted by atomic mass is 10.0. The molecule has 33 heavy (non-hydrogen) atoms. The number of hydrogen-bond donors (Lipinski definition) is 2. The number of amides is 2. The molecule has 10 heteroatoms. The van der Waals surface area contributed by atoms with E-state index in [0.717, 1.165) is 5.56 Å². The van der Waals surface area contributed by atoms with Crippen molar-refractivity contribution in [3.8, 4) is 6.07 Å². The molecule has 2 rings (SSSR count). The van der Waals surface area contributed by atoms with Crippen LogP contribution in [-0.2, 0) is 25.5 Å². The third-order valence-corrected chi connectivity index (χ3v) is 5.15. The van der Waals surface area contributed by atoms with E-state index in [9.17, 15) is 19.2 Å². The van der Waals surface area contributed by atoms with E-state index >= 15 is 0 Å². The summed E-state index contributed by atoms with van der Waals surface area (Å²) in [5.74, 6) is -1.98. The van der Waals surface area contributed by atoms with E-state index in [2.05, 4.69) is 10.6 Å². The van der Waals surface area contributed by atoms with Gasteiger partial charge < -0.3 is 20.1 Å². The summed E-state index contributed by atoms with van der Waals surface area (Å²) >= 11 is 1.21. The summed E-state index contributed by atoms with van der Waals surface area (Å²) < 4.78 is 10.2. The normalized spacial score (nSPS) is 10.3. The molecule has 0 saturated carbocycles. The molecule has 0 unspecified atom stereocenters. The lowest BCUT2D eigenvalue weighted by molar-refractivity contribution is -0.119. The minimum absolute atomic E-state index is 0.184. The molecule has 1 aromatic carbocycles. The molecule has 1 aromatic heterocycles. The highest BCUT2D eigenvalue weighted by Crippen LogP contribution is 2.31. The number of carbonyl (C=O) groups excluding carboxylic acids is 4. The van der Waals surface area contributed by atoms with Crippen molar-refractivity contribution in [2.24, 2.45) is 5.92 Å². The van der Waals surface area contributed by atoms with Crippen molar-refractivity contribution in [3.05, 3.63) is 46.3 Å². The molecule has 0 aliphatic heterocycles. The average molecular weight is 472 g/mol. The molecule has 2 amide bonds. The fraction of sp³-hybridized carbons (Fsp3) is 0.348. The van der Waals surface area contributed by atoms with Gasteiger partial charge in [0.05, 0.1) is 23.8 Å². The summed E-state index contributed by atoms with van der Waals surface area (Å²) in [5, 5.41) is 15.8. The number of rotatable bonds is 10. The number of anilines is 2. The zero-order chi connectivity index (χ0) is 24.4. The van der Waals surface area contributed by atoms with Gasteiger partial charge in [-0.1, -0.05) is 13.8 Å². The maximum Gasteiger partial charge on any atom is 0.341 e. The summed E-state index contributed by atoms with van der Waals surface area (Å²) in [6.07, 6.45) is 0.377. The Balaban J connectivity index is 1.98. The second kappa shape index (κ2) is 12.4. The summed E-state index contributed by atoms with van der Waals surface area (Å²) in [5.41, 5.74) is 1.72. The first kappa shape index (κ1) is 25.5. The van der Waals surface area contributed by atoms with Gasteiger partial charge in [0.1, 0.15) is 11.4 Å². The first-order valence-corrected chi connectivity index (χ1v) is 11.1. The first-order chi connectivity index (χ1) is 15.7. The third kappa shape index (κ3) is 7.73. The molecule has 0 fully saturated rings. The van der Waals surface area contributed by atoms with Gasteiger partial charge >= 0.3 is 11.9 Å². The third-order valence-electron chi connectivity index (χ3n) is 4.21. The Morgan fingerprint density at radius 1 is 1.03 bits per heavy atom. The largest absolute Gasteiger partial charge is 0.462 e. The Morgan fingerprint density at radius 2 is 1.73 bits per heavy atom. The van der Waals surface area contributed by atoms with Gasteiger partial charge in [-0.15, -0.1) is 11.3 Å². The summed E-state index contributed by atoms with van der Waals surface area (Å²) in [7, 11) is 0. The maximum atomic E-state index is 12.4. The predicted molar refractivity (Wildman–Crippen MR) is 123 cm³/mol. The van der Waals surface area contributed by atoms with Crippen molar-refractivity contribution in [2.45, 2.75) is 33.6 Å². The van der Waals surface area contributed by atoms with Gasteiger partial charge in [-0.3, -0.25) is 9.59 Å². The fourth-order valence-electron chi connectivity index (χ4n) is 2.85. The number of nitriles is 1. The van der Waals surface area contributed by atoms with Crippen LogP contribution in [0.3, 0.4) is 0 Å². The topological polar surface area (TPSA) is 135 Å². The number of thiophene rings is 1. The minimum atomic E-state index is -0.725. The van der Waals surface area contributed by atoms with Crippen molar-refractivity contribution in [3.63, 3.8) is 0 Å². The molecule has 0 atom stereocenters.